The Bertz CT molecular complexity index is 1620. The van der Waals surface area contributed by atoms with E-state index >= 15 is 0 Å². The van der Waals surface area contributed by atoms with Crippen LogP contribution in [0.1, 0.15) is 74.9 Å². The van der Waals surface area contributed by atoms with Crippen LogP contribution in [-0.4, -0.2) is 16.3 Å². The topological polar surface area (TPSA) is 48.3 Å². The fourth-order valence-electron chi connectivity index (χ4n) is 6.19. The molecule has 0 spiro atoms. The van der Waals surface area contributed by atoms with Crippen LogP contribution in [0.4, 0.5) is 0 Å². The van der Waals surface area contributed by atoms with Crippen molar-refractivity contribution in [2.75, 3.05) is 6.79 Å². The molecule has 0 saturated heterocycles. The minimum Gasteiger partial charge on any atom is -0.454 e. The molecule has 0 aliphatic carbocycles. The van der Waals surface area contributed by atoms with Crippen LogP contribution in [0, 0.1) is 0 Å². The van der Waals surface area contributed by atoms with Crippen LogP contribution in [0.5, 0.6) is 11.5 Å². The molecule has 0 saturated carbocycles. The van der Waals surface area contributed by atoms with Crippen molar-refractivity contribution in [1.82, 2.24) is 14.9 Å². The van der Waals surface area contributed by atoms with Gasteiger partial charge in [0.05, 0.1) is 17.4 Å². The van der Waals surface area contributed by atoms with Gasteiger partial charge in [0.25, 0.3) is 0 Å². The minimum absolute atomic E-state index is 0.0942. The van der Waals surface area contributed by atoms with Gasteiger partial charge in [0.1, 0.15) is 5.82 Å². The minimum atomic E-state index is 0.0942. The highest BCUT2D eigenvalue weighted by molar-refractivity contribution is 5.69. The maximum Gasteiger partial charge on any atom is 0.231 e. The average molecular weight is 586 g/mol. The Kier molecular flexibility index (Phi) is 9.73. The number of hydrogen-bond donors (Lipinski definition) is 1. The first-order valence-electron chi connectivity index (χ1n) is 16.2. The first-order chi connectivity index (χ1) is 21.7. The van der Waals surface area contributed by atoms with Crippen molar-refractivity contribution in [3.63, 3.8) is 0 Å². The Balaban J connectivity index is 1.47. The van der Waals surface area contributed by atoms with Crippen molar-refractivity contribution in [3.8, 4) is 34.1 Å². The number of aromatic nitrogens is 2. The summed E-state index contributed by atoms with van der Waals surface area (Å²) in [6, 6.07) is 38.8. The lowest BCUT2D eigenvalue weighted by Crippen LogP contribution is -2.30. The standard InChI is InChI=1S/C39H43N3O2/c1-3-5-22-33(40-34(30-16-10-7-11-17-30)26-29-23-24-35-36(27-29)44-28-43-35)38-37(31-18-12-8-13-19-31)41-39(42(38)25-6-4-2)32-20-14-9-15-21-32/h7-21,23-24,27,33-34,40H,3-6,22,25-26,28H2,1-2H3. The van der Waals surface area contributed by atoms with Crippen molar-refractivity contribution in [2.45, 2.75) is 71.0 Å². The summed E-state index contributed by atoms with van der Waals surface area (Å²) in [6.45, 7) is 5.76. The van der Waals surface area contributed by atoms with Crippen molar-refractivity contribution in [1.29, 1.82) is 0 Å². The van der Waals surface area contributed by atoms with Crippen LogP contribution in [0.2, 0.25) is 0 Å². The molecule has 4 aromatic carbocycles. The second-order valence-electron chi connectivity index (χ2n) is 11.6. The van der Waals surface area contributed by atoms with Gasteiger partial charge in [-0.15, -0.1) is 0 Å². The summed E-state index contributed by atoms with van der Waals surface area (Å²) in [5, 5.41) is 4.20. The van der Waals surface area contributed by atoms with Crippen LogP contribution >= 0.6 is 0 Å². The molecule has 0 radical (unpaired) electrons. The summed E-state index contributed by atoms with van der Waals surface area (Å²) < 4.78 is 13.9. The maximum absolute atomic E-state index is 5.74. The summed E-state index contributed by atoms with van der Waals surface area (Å²) in [4.78, 5) is 5.43. The van der Waals surface area contributed by atoms with E-state index in [9.17, 15) is 0 Å². The SMILES string of the molecule is CCCCC(NC(Cc1ccc2c(c1)OCO2)c1ccccc1)c1c(-c2ccccc2)nc(-c2ccccc2)n1CCCC. The molecule has 2 atom stereocenters. The zero-order valence-corrected chi connectivity index (χ0v) is 25.9. The molecule has 1 aliphatic heterocycles. The predicted octanol–water partition coefficient (Wildman–Crippen LogP) is 9.55. The van der Waals surface area contributed by atoms with E-state index in [0.717, 1.165) is 79.2 Å². The van der Waals surface area contributed by atoms with Crippen molar-refractivity contribution >= 4 is 0 Å². The zero-order chi connectivity index (χ0) is 30.1. The molecule has 2 heterocycles. The molecule has 6 rings (SSSR count). The van der Waals surface area contributed by atoms with Crippen molar-refractivity contribution < 1.29 is 9.47 Å². The van der Waals surface area contributed by atoms with Gasteiger partial charge in [0.2, 0.25) is 6.79 Å². The molecular formula is C39H43N3O2. The fraction of sp³-hybridized carbons (Fsp3) is 0.308. The van der Waals surface area contributed by atoms with E-state index in [-0.39, 0.29) is 18.9 Å². The number of rotatable bonds is 14. The summed E-state index contributed by atoms with van der Waals surface area (Å²) in [6.07, 6.45) is 6.32. The van der Waals surface area contributed by atoms with Crippen LogP contribution < -0.4 is 14.8 Å². The summed E-state index contributed by atoms with van der Waals surface area (Å²) >= 11 is 0. The zero-order valence-electron chi connectivity index (χ0n) is 25.9. The molecule has 1 aromatic heterocycles. The number of ether oxygens (including phenoxy) is 2. The molecule has 0 amide bonds. The molecule has 5 heteroatoms. The summed E-state index contributed by atoms with van der Waals surface area (Å²) in [5.74, 6) is 2.69. The van der Waals surface area contributed by atoms with Gasteiger partial charge in [-0.1, -0.05) is 130 Å². The van der Waals surface area contributed by atoms with Gasteiger partial charge in [-0.05, 0) is 42.5 Å². The van der Waals surface area contributed by atoms with Gasteiger partial charge >= 0.3 is 0 Å². The Labute approximate surface area is 261 Å². The maximum atomic E-state index is 5.74. The lowest BCUT2D eigenvalue weighted by atomic mass is 9.94. The molecule has 44 heavy (non-hydrogen) atoms. The number of nitrogens with zero attached hydrogens (tertiary/aromatic N) is 2. The van der Waals surface area contributed by atoms with E-state index in [2.05, 4.69) is 127 Å². The highest BCUT2D eigenvalue weighted by Gasteiger charge is 2.28. The fourth-order valence-corrected chi connectivity index (χ4v) is 6.19. The molecule has 226 valence electrons. The highest BCUT2D eigenvalue weighted by atomic mass is 16.7. The first-order valence-corrected chi connectivity index (χ1v) is 16.2. The lowest BCUT2D eigenvalue weighted by molar-refractivity contribution is 0.174. The smallest absolute Gasteiger partial charge is 0.231 e. The van der Waals surface area contributed by atoms with Gasteiger partial charge in [-0.3, -0.25) is 0 Å². The van der Waals surface area contributed by atoms with Gasteiger partial charge < -0.3 is 19.4 Å². The number of benzene rings is 4. The van der Waals surface area contributed by atoms with E-state index in [1.165, 1.54) is 16.8 Å². The lowest BCUT2D eigenvalue weighted by Gasteiger charge is -2.29. The number of hydrogen-bond acceptors (Lipinski definition) is 4. The quantitative estimate of drug-likeness (QED) is 0.141. The van der Waals surface area contributed by atoms with Crippen LogP contribution in [0.15, 0.2) is 109 Å². The van der Waals surface area contributed by atoms with Gasteiger partial charge in [-0.25, -0.2) is 4.98 Å². The Morgan fingerprint density at radius 2 is 1.39 bits per heavy atom. The van der Waals surface area contributed by atoms with Gasteiger partial charge in [0, 0.05) is 23.7 Å². The first kappa shape index (κ1) is 29.7. The van der Waals surface area contributed by atoms with E-state index in [1.807, 2.05) is 6.07 Å². The Morgan fingerprint density at radius 1 is 0.727 bits per heavy atom. The predicted molar refractivity (Wildman–Crippen MR) is 179 cm³/mol. The molecule has 5 aromatic rings. The second-order valence-corrected chi connectivity index (χ2v) is 11.6. The number of nitrogens with one attached hydrogen (secondary N) is 1. The van der Waals surface area contributed by atoms with E-state index in [4.69, 9.17) is 14.5 Å². The van der Waals surface area contributed by atoms with E-state index < -0.39 is 0 Å². The van der Waals surface area contributed by atoms with E-state index in [1.54, 1.807) is 0 Å². The number of imidazole rings is 1. The molecular weight excluding hydrogens is 542 g/mol. The molecule has 5 nitrogen and oxygen atoms in total. The molecule has 0 fully saturated rings. The van der Waals surface area contributed by atoms with Crippen LogP contribution in [0.25, 0.3) is 22.6 Å². The number of unbranched alkanes of at least 4 members (excludes halogenated alkanes) is 2. The molecule has 0 bridgehead atoms. The van der Waals surface area contributed by atoms with Crippen molar-refractivity contribution in [3.05, 3.63) is 126 Å². The monoisotopic (exact) mass is 585 g/mol. The third-order valence-electron chi connectivity index (χ3n) is 8.48. The van der Waals surface area contributed by atoms with E-state index in [0.29, 0.717) is 0 Å². The van der Waals surface area contributed by atoms with Gasteiger partial charge in [0.15, 0.2) is 11.5 Å². The normalized spacial score (nSPS) is 13.6. The summed E-state index contributed by atoms with van der Waals surface area (Å²) in [5.41, 5.74) is 7.16. The Hall–Kier alpha value is -4.35. The van der Waals surface area contributed by atoms with Crippen molar-refractivity contribution in [2.24, 2.45) is 0 Å². The third kappa shape index (κ3) is 6.74. The highest BCUT2D eigenvalue weighted by Crippen LogP contribution is 2.38. The Morgan fingerprint density at radius 3 is 2.09 bits per heavy atom. The third-order valence-corrected chi connectivity index (χ3v) is 8.48. The molecule has 2 unspecified atom stereocenters. The largest absolute Gasteiger partial charge is 0.454 e. The molecule has 1 N–H and O–H groups in total. The molecule has 1 aliphatic rings. The average Bonchev–Trinajstić information content (AvgIpc) is 3.71. The second kappa shape index (κ2) is 14.4. The number of fused-ring (bicyclic) bond motifs is 1. The van der Waals surface area contributed by atoms with Crippen LogP contribution in [-0.2, 0) is 13.0 Å². The van der Waals surface area contributed by atoms with Crippen LogP contribution in [0.3, 0.4) is 0 Å². The summed E-state index contributed by atoms with van der Waals surface area (Å²) in [7, 11) is 0. The van der Waals surface area contributed by atoms with Gasteiger partial charge in [-0.2, -0.15) is 0 Å².